The lowest BCUT2D eigenvalue weighted by molar-refractivity contribution is -0.154. The van der Waals surface area contributed by atoms with Gasteiger partial charge in [0.05, 0.1) is 16.5 Å². The lowest BCUT2D eigenvalue weighted by atomic mass is 9.43. The van der Waals surface area contributed by atoms with E-state index in [0.29, 0.717) is 23.7 Å². The Balaban J connectivity index is 1.53. The van der Waals surface area contributed by atoms with E-state index in [1.807, 2.05) is 0 Å². The summed E-state index contributed by atoms with van der Waals surface area (Å²) in [5, 5.41) is 21.8. The van der Waals surface area contributed by atoms with Crippen LogP contribution in [-0.4, -0.2) is 26.7 Å². The molecule has 0 spiro atoms. The van der Waals surface area contributed by atoms with Crippen molar-refractivity contribution in [2.45, 2.75) is 122 Å². The Bertz CT molecular complexity index is 622. The van der Waals surface area contributed by atoms with Crippen LogP contribution in [0.4, 0.5) is 0 Å². The number of fused-ring (bicyclic) bond motifs is 5. The number of hydrogen-bond acceptors (Lipinski definition) is 2. The number of alkyl halides is 1. The van der Waals surface area contributed by atoms with E-state index in [1.54, 1.807) is 0 Å². The van der Waals surface area contributed by atoms with Gasteiger partial charge in [0.1, 0.15) is 0 Å². The first-order valence-corrected chi connectivity index (χ1v) is 13.9. The van der Waals surface area contributed by atoms with Crippen molar-refractivity contribution in [2.24, 2.45) is 46.3 Å². The molecule has 0 amide bonds. The van der Waals surface area contributed by atoms with Crippen LogP contribution in [0.1, 0.15) is 105 Å². The number of rotatable bonds is 5. The van der Waals surface area contributed by atoms with Gasteiger partial charge in [0.15, 0.2) is 0 Å². The van der Waals surface area contributed by atoms with Crippen molar-refractivity contribution >= 4 is 15.9 Å². The zero-order valence-corrected chi connectivity index (χ0v) is 21.8. The normalized spacial score (nSPS) is 51.9. The maximum Gasteiger partial charge on any atom is 0.0702 e. The zero-order chi connectivity index (χ0) is 21.9. The fourth-order valence-corrected chi connectivity index (χ4v) is 10.3. The summed E-state index contributed by atoms with van der Waals surface area (Å²) >= 11 is 4.05. The van der Waals surface area contributed by atoms with Crippen LogP contribution in [0.15, 0.2) is 0 Å². The second-order valence-corrected chi connectivity index (χ2v) is 14.3. The van der Waals surface area contributed by atoms with Gasteiger partial charge in [0.25, 0.3) is 0 Å². The fraction of sp³-hybridized carbons (Fsp3) is 1.00. The molecule has 0 aliphatic heterocycles. The first kappa shape index (κ1) is 23.6. The minimum absolute atomic E-state index is 0.108. The zero-order valence-electron chi connectivity index (χ0n) is 20.2. The molecule has 0 aromatic carbocycles. The molecule has 4 aliphatic rings. The van der Waals surface area contributed by atoms with E-state index in [4.69, 9.17) is 0 Å². The summed E-state index contributed by atoms with van der Waals surface area (Å²) in [6, 6.07) is 0. The van der Waals surface area contributed by atoms with E-state index in [-0.39, 0.29) is 21.9 Å². The van der Waals surface area contributed by atoms with Gasteiger partial charge in [-0.3, -0.25) is 0 Å². The largest absolute Gasteiger partial charge is 0.393 e. The quantitative estimate of drug-likeness (QED) is 0.419. The highest BCUT2D eigenvalue weighted by Gasteiger charge is 2.67. The van der Waals surface area contributed by atoms with Crippen molar-refractivity contribution in [3.63, 3.8) is 0 Å². The summed E-state index contributed by atoms with van der Waals surface area (Å²) in [7, 11) is 0. The second kappa shape index (κ2) is 8.32. The first-order chi connectivity index (χ1) is 14.0. The first-order valence-electron chi connectivity index (χ1n) is 13.1. The van der Waals surface area contributed by atoms with Crippen molar-refractivity contribution in [2.75, 3.05) is 0 Å². The maximum absolute atomic E-state index is 11.4. The van der Waals surface area contributed by atoms with Crippen LogP contribution in [0.3, 0.4) is 0 Å². The van der Waals surface area contributed by atoms with Gasteiger partial charge in [-0.2, -0.15) is 0 Å². The third-order valence-electron chi connectivity index (χ3n) is 11.0. The Morgan fingerprint density at radius 1 is 0.933 bits per heavy atom. The van der Waals surface area contributed by atoms with Crippen LogP contribution in [0.25, 0.3) is 0 Å². The molecule has 4 saturated carbocycles. The summed E-state index contributed by atoms with van der Waals surface area (Å²) in [6.45, 7) is 12.3. The number of aliphatic hydroxyl groups is 2. The molecule has 0 unspecified atom stereocenters. The number of halogens is 1. The molecule has 0 saturated heterocycles. The predicted octanol–water partition coefficient (Wildman–Crippen LogP) is 6.96. The standard InChI is InChI=1S/C27H47BrO2/c1-17(2)7-6-8-18(3)21-9-10-22-20-15-24(30)27(28)16-19(29)11-14-26(27,5)23(20)12-13-25(21,22)4/h17-24,29-30H,6-16H2,1-5H3/t18-,19+,20+,21-,22+,23+,24-,25-,26-,27+/m1/s1/i28-4. The Kier molecular flexibility index (Phi) is 6.53. The van der Waals surface area contributed by atoms with Crippen molar-refractivity contribution in [1.29, 1.82) is 0 Å². The summed E-state index contributed by atoms with van der Waals surface area (Å²) in [5.74, 6) is 4.66. The molecule has 174 valence electrons. The molecule has 0 bridgehead atoms. The van der Waals surface area contributed by atoms with Crippen LogP contribution >= 0.6 is 15.9 Å². The highest BCUT2D eigenvalue weighted by molar-refractivity contribution is 9.10. The number of hydrogen-bond donors (Lipinski definition) is 2. The van der Waals surface area contributed by atoms with Crippen LogP contribution < -0.4 is 0 Å². The number of aliphatic hydroxyl groups excluding tert-OH is 2. The molecular formula is C27H47BrO2. The molecular weight excluding hydrogens is 432 g/mol. The summed E-state index contributed by atoms with van der Waals surface area (Å²) in [6.07, 6.45) is 12.6. The molecule has 30 heavy (non-hydrogen) atoms. The van der Waals surface area contributed by atoms with Crippen molar-refractivity contribution in [1.82, 2.24) is 0 Å². The molecule has 3 heteroatoms. The van der Waals surface area contributed by atoms with Gasteiger partial charge in [0, 0.05) is 0 Å². The Hall–Kier alpha value is 0.400. The van der Waals surface area contributed by atoms with E-state index in [1.165, 1.54) is 44.9 Å². The van der Waals surface area contributed by atoms with Crippen molar-refractivity contribution in [3.8, 4) is 0 Å². The van der Waals surface area contributed by atoms with E-state index < -0.39 is 0 Å². The maximum atomic E-state index is 11.4. The van der Waals surface area contributed by atoms with E-state index in [9.17, 15) is 10.2 Å². The summed E-state index contributed by atoms with van der Waals surface area (Å²) < 4.78 is -0.297. The smallest absolute Gasteiger partial charge is 0.0702 e. The topological polar surface area (TPSA) is 40.5 Å². The lowest BCUT2D eigenvalue weighted by Crippen LogP contribution is -2.65. The minimum atomic E-state index is -0.330. The lowest BCUT2D eigenvalue weighted by Gasteiger charge is -2.65. The predicted molar refractivity (Wildman–Crippen MR) is 129 cm³/mol. The van der Waals surface area contributed by atoms with Gasteiger partial charge in [-0.25, -0.2) is 0 Å². The third-order valence-corrected chi connectivity index (χ3v) is 12.7. The van der Waals surface area contributed by atoms with Gasteiger partial charge < -0.3 is 10.2 Å². The molecule has 10 atom stereocenters. The highest BCUT2D eigenvalue weighted by atomic mass is 75.9. The van der Waals surface area contributed by atoms with Gasteiger partial charge in [-0.05, 0) is 97.7 Å². The van der Waals surface area contributed by atoms with Gasteiger partial charge in [-0.15, -0.1) is 0 Å². The SMILES string of the molecule is CC(C)CCC[C@@H](C)[C@H]1CC[C@H]2[C@@H]3C[C@@H](O)[C@@]4([76Br])C[C@@H](O)CC[C@]4(C)[C@H]3CC[C@]12C. The molecule has 4 rings (SSSR count). The van der Waals surface area contributed by atoms with E-state index in [2.05, 4.69) is 50.5 Å². The molecule has 0 aromatic rings. The molecule has 0 heterocycles. The monoisotopic (exact) mass is 479 g/mol. The van der Waals surface area contributed by atoms with Crippen LogP contribution in [0, 0.1) is 46.3 Å². The van der Waals surface area contributed by atoms with Crippen molar-refractivity contribution < 1.29 is 10.2 Å². The van der Waals surface area contributed by atoms with Crippen LogP contribution in [0.5, 0.6) is 0 Å². The van der Waals surface area contributed by atoms with E-state index in [0.717, 1.165) is 42.9 Å². The molecule has 2 nitrogen and oxygen atoms in total. The van der Waals surface area contributed by atoms with E-state index >= 15 is 0 Å². The fourth-order valence-electron chi connectivity index (χ4n) is 9.24. The van der Waals surface area contributed by atoms with Crippen molar-refractivity contribution in [3.05, 3.63) is 0 Å². The Morgan fingerprint density at radius 3 is 2.37 bits per heavy atom. The average molecular weight is 480 g/mol. The second-order valence-electron chi connectivity index (χ2n) is 12.8. The Morgan fingerprint density at radius 2 is 1.67 bits per heavy atom. The van der Waals surface area contributed by atoms with Crippen LogP contribution in [-0.2, 0) is 0 Å². The molecule has 0 aromatic heterocycles. The van der Waals surface area contributed by atoms with Gasteiger partial charge in [0.2, 0.25) is 0 Å². The third kappa shape index (κ3) is 3.56. The average Bonchev–Trinajstić information content (AvgIpc) is 3.01. The molecule has 2 N–H and O–H groups in total. The summed E-state index contributed by atoms with van der Waals surface area (Å²) in [5.41, 5.74) is 0.575. The molecule has 4 fully saturated rings. The highest BCUT2D eigenvalue weighted by Crippen LogP contribution is 2.70. The minimum Gasteiger partial charge on any atom is -0.393 e. The summed E-state index contributed by atoms with van der Waals surface area (Å²) in [4.78, 5) is 0. The molecule has 0 radical (unpaired) electrons. The van der Waals surface area contributed by atoms with Gasteiger partial charge in [-0.1, -0.05) is 69.8 Å². The van der Waals surface area contributed by atoms with Crippen LogP contribution in [0.2, 0.25) is 0 Å². The Labute approximate surface area is 194 Å². The molecule has 4 aliphatic carbocycles. The van der Waals surface area contributed by atoms with Gasteiger partial charge >= 0.3 is 0 Å².